The maximum Gasteiger partial charge on any atom is 0.244 e. The van der Waals surface area contributed by atoms with Crippen LogP contribution in [0, 0.1) is 0 Å². The number of nitrogens with zero attached hydrogens (tertiary/aromatic N) is 3. The molecule has 0 radical (unpaired) electrons. The third-order valence-electron chi connectivity index (χ3n) is 3.40. The fraction of sp³-hybridized carbons (Fsp3) is 0.692. The van der Waals surface area contributed by atoms with Crippen molar-refractivity contribution in [3.05, 3.63) is 18.0 Å². The van der Waals surface area contributed by atoms with Gasteiger partial charge in [0.05, 0.1) is 25.5 Å². The summed E-state index contributed by atoms with van der Waals surface area (Å²) in [4.78, 5) is 14.4. The van der Waals surface area contributed by atoms with Gasteiger partial charge in [0, 0.05) is 39.0 Å². The van der Waals surface area contributed by atoms with E-state index in [1.165, 1.54) is 0 Å². The third-order valence-corrected chi connectivity index (χ3v) is 3.40. The van der Waals surface area contributed by atoms with Crippen molar-refractivity contribution in [2.75, 3.05) is 40.5 Å². The van der Waals surface area contributed by atoms with Crippen molar-refractivity contribution in [1.29, 1.82) is 0 Å². The predicted octanol–water partition coefficient (Wildman–Crippen LogP) is -0.0238. The van der Waals surface area contributed by atoms with Crippen LogP contribution in [0.2, 0.25) is 0 Å². The minimum atomic E-state index is -0.370. The number of carbonyl (C=O) groups is 1. The first-order valence-corrected chi connectivity index (χ1v) is 6.70. The summed E-state index contributed by atoms with van der Waals surface area (Å²) in [6.45, 7) is 2.22. The highest BCUT2D eigenvalue weighted by molar-refractivity contribution is 5.85. The molecule has 1 fully saturated rings. The average molecular weight is 319 g/mol. The molecule has 2 atom stereocenters. The lowest BCUT2D eigenvalue weighted by Crippen LogP contribution is -2.50. The fourth-order valence-electron chi connectivity index (χ4n) is 2.41. The summed E-state index contributed by atoms with van der Waals surface area (Å²) in [5, 5.41) is 7.18. The number of aromatic nitrogens is 2. The molecule has 0 bridgehead atoms. The van der Waals surface area contributed by atoms with Gasteiger partial charge in [0.15, 0.2) is 0 Å². The van der Waals surface area contributed by atoms with Crippen LogP contribution in [0.1, 0.15) is 11.6 Å². The van der Waals surface area contributed by atoms with Crippen molar-refractivity contribution in [3.63, 3.8) is 0 Å². The van der Waals surface area contributed by atoms with Gasteiger partial charge in [0.2, 0.25) is 5.91 Å². The van der Waals surface area contributed by atoms with E-state index in [-0.39, 0.29) is 30.5 Å². The molecule has 2 heterocycles. The van der Waals surface area contributed by atoms with Gasteiger partial charge < -0.3 is 19.7 Å². The molecule has 2 rings (SSSR count). The number of nitrogens with one attached hydrogen (secondary N) is 1. The Morgan fingerprint density at radius 3 is 3.00 bits per heavy atom. The number of likely N-dealkylation sites (N-methyl/N-ethyl adjacent to an activating group) is 1. The Morgan fingerprint density at radius 1 is 1.67 bits per heavy atom. The number of hydrogen-bond acceptors (Lipinski definition) is 5. The predicted molar refractivity (Wildman–Crippen MR) is 80.5 cm³/mol. The van der Waals surface area contributed by atoms with Crippen molar-refractivity contribution in [3.8, 4) is 0 Å². The number of rotatable bonds is 5. The summed E-state index contributed by atoms with van der Waals surface area (Å²) in [5.74, 6) is 0.0462. The molecule has 2 unspecified atom stereocenters. The van der Waals surface area contributed by atoms with Gasteiger partial charge in [-0.05, 0) is 7.05 Å². The molecular formula is C13H23ClN4O3. The van der Waals surface area contributed by atoms with Gasteiger partial charge in [0.1, 0.15) is 6.04 Å². The van der Waals surface area contributed by atoms with E-state index in [0.29, 0.717) is 26.3 Å². The number of carbonyl (C=O) groups excluding carboxylic acids is 1. The average Bonchev–Trinajstić information content (AvgIpc) is 2.87. The van der Waals surface area contributed by atoms with E-state index in [4.69, 9.17) is 9.47 Å². The van der Waals surface area contributed by atoms with E-state index >= 15 is 0 Å². The molecule has 1 saturated heterocycles. The molecule has 21 heavy (non-hydrogen) atoms. The number of halogens is 1. The molecule has 0 aliphatic carbocycles. The highest BCUT2D eigenvalue weighted by Crippen LogP contribution is 2.17. The van der Waals surface area contributed by atoms with Gasteiger partial charge in [-0.3, -0.25) is 9.48 Å². The molecule has 8 heteroatoms. The summed E-state index contributed by atoms with van der Waals surface area (Å²) < 4.78 is 12.4. The molecule has 1 aromatic rings. The smallest absolute Gasteiger partial charge is 0.244 e. The van der Waals surface area contributed by atoms with Gasteiger partial charge in [-0.2, -0.15) is 5.10 Å². The van der Waals surface area contributed by atoms with Crippen LogP contribution in [0.3, 0.4) is 0 Å². The normalized spacial score (nSPS) is 20.0. The summed E-state index contributed by atoms with van der Waals surface area (Å²) >= 11 is 0. The zero-order valence-corrected chi connectivity index (χ0v) is 13.4. The van der Waals surface area contributed by atoms with Crippen molar-refractivity contribution in [2.24, 2.45) is 7.05 Å². The number of methoxy groups -OCH3 is 1. The molecule has 0 aromatic carbocycles. The van der Waals surface area contributed by atoms with E-state index in [9.17, 15) is 4.79 Å². The first-order chi connectivity index (χ1) is 9.65. The number of morpholine rings is 1. The SMILES string of the molecule is CNC(C(=O)N1CCOC(COC)C1)c1cnn(C)c1.Cl. The maximum absolute atomic E-state index is 12.6. The van der Waals surface area contributed by atoms with E-state index in [2.05, 4.69) is 10.4 Å². The molecular weight excluding hydrogens is 296 g/mol. The van der Waals surface area contributed by atoms with Crippen molar-refractivity contribution < 1.29 is 14.3 Å². The van der Waals surface area contributed by atoms with E-state index in [0.717, 1.165) is 5.56 Å². The van der Waals surface area contributed by atoms with Crippen LogP contribution in [0.15, 0.2) is 12.4 Å². The number of amides is 1. The molecule has 0 saturated carbocycles. The maximum atomic E-state index is 12.6. The van der Waals surface area contributed by atoms with Crippen LogP contribution in [-0.4, -0.2) is 67.2 Å². The minimum Gasteiger partial charge on any atom is -0.382 e. The van der Waals surface area contributed by atoms with Crippen molar-refractivity contribution in [1.82, 2.24) is 20.0 Å². The van der Waals surface area contributed by atoms with Crippen LogP contribution >= 0.6 is 12.4 Å². The molecule has 1 aromatic heterocycles. The fourth-order valence-corrected chi connectivity index (χ4v) is 2.41. The molecule has 120 valence electrons. The summed E-state index contributed by atoms with van der Waals surface area (Å²) in [6.07, 6.45) is 3.52. The Hall–Kier alpha value is -1.15. The number of hydrogen-bond donors (Lipinski definition) is 1. The van der Waals surface area contributed by atoms with Crippen LogP contribution in [0.4, 0.5) is 0 Å². The van der Waals surface area contributed by atoms with Crippen molar-refractivity contribution >= 4 is 18.3 Å². The lowest BCUT2D eigenvalue weighted by molar-refractivity contribution is -0.143. The number of ether oxygens (including phenoxy) is 2. The first-order valence-electron chi connectivity index (χ1n) is 6.70. The van der Waals surface area contributed by atoms with Crippen LogP contribution < -0.4 is 5.32 Å². The quantitative estimate of drug-likeness (QED) is 0.826. The highest BCUT2D eigenvalue weighted by atomic mass is 35.5. The number of aryl methyl sites for hydroxylation is 1. The van der Waals surface area contributed by atoms with E-state index in [1.54, 1.807) is 25.0 Å². The van der Waals surface area contributed by atoms with Gasteiger partial charge in [-0.15, -0.1) is 12.4 Å². The Bertz CT molecular complexity index is 452. The molecule has 1 amide bonds. The lowest BCUT2D eigenvalue weighted by atomic mass is 10.1. The molecule has 1 N–H and O–H groups in total. The van der Waals surface area contributed by atoms with Gasteiger partial charge >= 0.3 is 0 Å². The molecule has 1 aliphatic heterocycles. The molecule has 0 spiro atoms. The largest absolute Gasteiger partial charge is 0.382 e. The Kier molecular flexibility index (Phi) is 7.10. The van der Waals surface area contributed by atoms with Crippen LogP contribution in [0.5, 0.6) is 0 Å². The van der Waals surface area contributed by atoms with Crippen molar-refractivity contribution in [2.45, 2.75) is 12.1 Å². The molecule has 7 nitrogen and oxygen atoms in total. The zero-order chi connectivity index (χ0) is 14.5. The standard InChI is InChI=1S/C13H22N4O3.ClH/c1-14-12(10-6-15-16(2)7-10)13(18)17-4-5-20-11(8-17)9-19-3;/h6-7,11-12,14H,4-5,8-9H2,1-3H3;1H. The highest BCUT2D eigenvalue weighted by Gasteiger charge is 2.30. The van der Waals surface area contributed by atoms with E-state index in [1.807, 2.05) is 18.1 Å². The topological polar surface area (TPSA) is 68.6 Å². The monoisotopic (exact) mass is 318 g/mol. The third kappa shape index (κ3) is 4.41. The second kappa shape index (κ2) is 8.33. The van der Waals surface area contributed by atoms with Crippen LogP contribution in [0.25, 0.3) is 0 Å². The summed E-state index contributed by atoms with van der Waals surface area (Å²) in [5.41, 5.74) is 0.870. The second-order valence-corrected chi connectivity index (χ2v) is 4.90. The Labute approximate surface area is 131 Å². The first kappa shape index (κ1) is 17.9. The van der Waals surface area contributed by atoms with Gasteiger partial charge in [-0.1, -0.05) is 0 Å². The van der Waals surface area contributed by atoms with Crippen LogP contribution in [-0.2, 0) is 21.3 Å². The molecule has 1 aliphatic rings. The van der Waals surface area contributed by atoms with Gasteiger partial charge in [-0.25, -0.2) is 0 Å². The van der Waals surface area contributed by atoms with E-state index < -0.39 is 0 Å². The second-order valence-electron chi connectivity index (χ2n) is 4.90. The Balaban J connectivity index is 0.00000220. The lowest BCUT2D eigenvalue weighted by Gasteiger charge is -2.34. The Morgan fingerprint density at radius 2 is 2.43 bits per heavy atom. The summed E-state index contributed by atoms with van der Waals surface area (Å²) in [6, 6.07) is -0.370. The van der Waals surface area contributed by atoms with Gasteiger partial charge in [0.25, 0.3) is 0 Å². The minimum absolute atomic E-state index is 0. The zero-order valence-electron chi connectivity index (χ0n) is 12.6. The summed E-state index contributed by atoms with van der Waals surface area (Å²) in [7, 11) is 5.25.